The molecule has 2 heterocycles. The summed E-state index contributed by atoms with van der Waals surface area (Å²) in [7, 11) is 0. The minimum atomic E-state index is -0.334. The number of aromatic nitrogens is 4. The van der Waals surface area contributed by atoms with Crippen LogP contribution in [0, 0.1) is 6.92 Å². The molecule has 1 amide bonds. The molecule has 0 fully saturated rings. The van der Waals surface area contributed by atoms with Gasteiger partial charge in [-0.25, -0.2) is 9.36 Å². The van der Waals surface area contributed by atoms with Gasteiger partial charge in [0, 0.05) is 11.5 Å². The maximum absolute atomic E-state index is 12.5. The van der Waals surface area contributed by atoms with Crippen LogP contribution in [0.1, 0.15) is 11.3 Å². The molecule has 2 aromatic carbocycles. The molecule has 1 N–H and O–H groups in total. The quantitative estimate of drug-likeness (QED) is 0.583. The molecule has 0 aliphatic carbocycles. The number of benzene rings is 2. The van der Waals surface area contributed by atoms with Gasteiger partial charge in [0.2, 0.25) is 5.91 Å². The summed E-state index contributed by atoms with van der Waals surface area (Å²) in [5.74, 6) is 0.249. The summed E-state index contributed by atoms with van der Waals surface area (Å²) >= 11 is 0. The zero-order chi connectivity index (χ0) is 19.5. The first kappa shape index (κ1) is 17.7. The summed E-state index contributed by atoms with van der Waals surface area (Å²) in [6.45, 7) is 2.24. The molecule has 140 valence electrons. The highest BCUT2D eigenvalue weighted by molar-refractivity contribution is 5.90. The van der Waals surface area contributed by atoms with Crippen molar-refractivity contribution in [3.05, 3.63) is 88.5 Å². The Kier molecular flexibility index (Phi) is 4.72. The van der Waals surface area contributed by atoms with E-state index < -0.39 is 0 Å². The highest BCUT2D eigenvalue weighted by Gasteiger charge is 2.12. The number of amides is 1. The molecule has 0 unspecified atom stereocenters. The Morgan fingerprint density at radius 1 is 1.04 bits per heavy atom. The lowest BCUT2D eigenvalue weighted by Gasteiger charge is -2.10. The average Bonchev–Trinajstić information content (AvgIpc) is 3.03. The van der Waals surface area contributed by atoms with Gasteiger partial charge in [-0.3, -0.25) is 9.59 Å². The van der Waals surface area contributed by atoms with Crippen molar-refractivity contribution in [1.29, 1.82) is 0 Å². The number of anilines is 1. The monoisotopic (exact) mass is 373 g/mol. The predicted octanol–water partition coefficient (Wildman–Crippen LogP) is 2.59. The Bertz CT molecular complexity index is 1190. The SMILES string of the molecule is Cc1cc(NC(=O)Cn2ncc3ccccc3c2=O)n(Cc2ccccc2)n1. The van der Waals surface area contributed by atoms with Crippen molar-refractivity contribution >= 4 is 22.5 Å². The molecule has 4 rings (SSSR count). The fraction of sp³-hybridized carbons (Fsp3) is 0.143. The minimum Gasteiger partial charge on any atom is -0.309 e. The first-order valence-corrected chi connectivity index (χ1v) is 8.93. The molecule has 0 spiro atoms. The first-order chi connectivity index (χ1) is 13.6. The van der Waals surface area contributed by atoms with Crippen LogP contribution >= 0.6 is 0 Å². The molecule has 0 aliphatic rings. The molecular weight excluding hydrogens is 354 g/mol. The van der Waals surface area contributed by atoms with E-state index in [0.717, 1.165) is 16.6 Å². The van der Waals surface area contributed by atoms with Gasteiger partial charge in [-0.05, 0) is 18.6 Å². The van der Waals surface area contributed by atoms with Crippen LogP contribution in [-0.4, -0.2) is 25.5 Å². The van der Waals surface area contributed by atoms with Gasteiger partial charge in [0.15, 0.2) is 0 Å². The van der Waals surface area contributed by atoms with Gasteiger partial charge in [-0.1, -0.05) is 48.5 Å². The second-order valence-electron chi connectivity index (χ2n) is 6.56. The standard InChI is InChI=1S/C21H19N5O2/c1-15-11-19(25(24-15)13-16-7-3-2-4-8-16)23-20(27)14-26-21(28)18-10-6-5-9-17(18)12-22-26/h2-12H,13-14H2,1H3,(H,23,27). The summed E-state index contributed by atoms with van der Waals surface area (Å²) in [6.07, 6.45) is 1.59. The van der Waals surface area contributed by atoms with Gasteiger partial charge >= 0.3 is 0 Å². The van der Waals surface area contributed by atoms with E-state index in [-0.39, 0.29) is 18.0 Å². The zero-order valence-corrected chi connectivity index (χ0v) is 15.4. The topological polar surface area (TPSA) is 81.8 Å². The summed E-state index contributed by atoms with van der Waals surface area (Å²) in [5.41, 5.74) is 1.59. The number of carbonyl (C=O) groups excluding carboxylic acids is 1. The van der Waals surface area contributed by atoms with E-state index in [4.69, 9.17) is 0 Å². The fourth-order valence-electron chi connectivity index (χ4n) is 3.08. The maximum atomic E-state index is 12.5. The smallest absolute Gasteiger partial charge is 0.275 e. The van der Waals surface area contributed by atoms with E-state index in [2.05, 4.69) is 15.5 Å². The van der Waals surface area contributed by atoms with Crippen molar-refractivity contribution in [3.63, 3.8) is 0 Å². The zero-order valence-electron chi connectivity index (χ0n) is 15.4. The van der Waals surface area contributed by atoms with E-state index >= 15 is 0 Å². The van der Waals surface area contributed by atoms with Crippen molar-refractivity contribution in [1.82, 2.24) is 19.6 Å². The van der Waals surface area contributed by atoms with Crippen LogP contribution in [0.15, 0.2) is 71.7 Å². The van der Waals surface area contributed by atoms with E-state index in [1.807, 2.05) is 49.4 Å². The maximum Gasteiger partial charge on any atom is 0.275 e. The average molecular weight is 373 g/mol. The number of rotatable bonds is 5. The Hall–Kier alpha value is -3.74. The largest absolute Gasteiger partial charge is 0.309 e. The molecular formula is C21H19N5O2. The van der Waals surface area contributed by atoms with Gasteiger partial charge in [0.1, 0.15) is 12.4 Å². The van der Waals surface area contributed by atoms with E-state index in [1.54, 1.807) is 29.1 Å². The highest BCUT2D eigenvalue weighted by Crippen LogP contribution is 2.13. The van der Waals surface area contributed by atoms with Crippen molar-refractivity contribution in [3.8, 4) is 0 Å². The second-order valence-corrected chi connectivity index (χ2v) is 6.56. The lowest BCUT2D eigenvalue weighted by Crippen LogP contribution is -2.30. The minimum absolute atomic E-state index is 0.167. The molecule has 0 saturated heterocycles. The normalized spacial score (nSPS) is 10.9. The molecule has 0 atom stereocenters. The number of carbonyl (C=O) groups is 1. The fourth-order valence-corrected chi connectivity index (χ4v) is 3.08. The van der Waals surface area contributed by atoms with Crippen LogP contribution < -0.4 is 10.9 Å². The van der Waals surface area contributed by atoms with Crippen LogP contribution in [0.25, 0.3) is 10.8 Å². The third kappa shape index (κ3) is 3.68. The molecule has 2 aromatic heterocycles. The van der Waals surface area contributed by atoms with E-state index in [9.17, 15) is 9.59 Å². The van der Waals surface area contributed by atoms with Gasteiger partial charge in [-0.15, -0.1) is 0 Å². The molecule has 0 aliphatic heterocycles. The number of aryl methyl sites for hydroxylation is 1. The van der Waals surface area contributed by atoms with Gasteiger partial charge in [0.05, 0.1) is 23.8 Å². The highest BCUT2D eigenvalue weighted by atomic mass is 16.2. The Morgan fingerprint density at radius 2 is 1.79 bits per heavy atom. The van der Waals surface area contributed by atoms with Crippen LogP contribution in [-0.2, 0) is 17.9 Å². The van der Waals surface area contributed by atoms with Crippen LogP contribution in [0.3, 0.4) is 0 Å². The van der Waals surface area contributed by atoms with Crippen molar-refractivity contribution in [2.45, 2.75) is 20.0 Å². The number of nitrogens with one attached hydrogen (secondary N) is 1. The van der Waals surface area contributed by atoms with E-state index in [1.165, 1.54) is 4.68 Å². The summed E-state index contributed by atoms with van der Waals surface area (Å²) < 4.78 is 2.90. The third-order valence-electron chi connectivity index (χ3n) is 4.40. The van der Waals surface area contributed by atoms with Crippen LogP contribution in [0.5, 0.6) is 0 Å². The first-order valence-electron chi connectivity index (χ1n) is 8.93. The number of nitrogens with zero attached hydrogens (tertiary/aromatic N) is 4. The van der Waals surface area contributed by atoms with E-state index in [0.29, 0.717) is 17.7 Å². The predicted molar refractivity (Wildman–Crippen MR) is 107 cm³/mol. The van der Waals surface area contributed by atoms with Gasteiger partial charge < -0.3 is 5.32 Å². The van der Waals surface area contributed by atoms with Crippen LogP contribution in [0.4, 0.5) is 5.82 Å². The Morgan fingerprint density at radius 3 is 2.61 bits per heavy atom. The second kappa shape index (κ2) is 7.48. The van der Waals surface area contributed by atoms with Gasteiger partial charge in [-0.2, -0.15) is 10.2 Å². The number of fused-ring (bicyclic) bond motifs is 1. The molecule has 0 bridgehead atoms. The molecule has 28 heavy (non-hydrogen) atoms. The lowest BCUT2D eigenvalue weighted by molar-refractivity contribution is -0.117. The summed E-state index contributed by atoms with van der Waals surface area (Å²) in [6, 6.07) is 18.9. The molecule has 4 aromatic rings. The molecule has 0 saturated carbocycles. The Labute approximate surface area is 161 Å². The van der Waals surface area contributed by atoms with Crippen molar-refractivity contribution in [2.24, 2.45) is 0 Å². The Balaban J connectivity index is 1.53. The van der Waals surface area contributed by atoms with Gasteiger partial charge in [0.25, 0.3) is 5.56 Å². The molecule has 7 nitrogen and oxygen atoms in total. The number of hydrogen-bond donors (Lipinski definition) is 1. The summed E-state index contributed by atoms with van der Waals surface area (Å²) in [5, 5.41) is 12.7. The molecule has 0 radical (unpaired) electrons. The number of hydrogen-bond acceptors (Lipinski definition) is 4. The lowest BCUT2D eigenvalue weighted by atomic mass is 10.2. The third-order valence-corrected chi connectivity index (χ3v) is 4.40. The van der Waals surface area contributed by atoms with Crippen LogP contribution in [0.2, 0.25) is 0 Å². The van der Waals surface area contributed by atoms with Crippen molar-refractivity contribution < 1.29 is 4.79 Å². The summed E-state index contributed by atoms with van der Waals surface area (Å²) in [4.78, 5) is 25.1. The van der Waals surface area contributed by atoms with Crippen molar-refractivity contribution in [2.75, 3.05) is 5.32 Å². The molecule has 7 heteroatoms.